The van der Waals surface area contributed by atoms with Gasteiger partial charge in [-0.05, 0) is 37.5 Å². The van der Waals surface area contributed by atoms with Crippen LogP contribution in [0.5, 0.6) is 5.75 Å². The van der Waals surface area contributed by atoms with Crippen LogP contribution >= 0.6 is 0 Å². The Labute approximate surface area is 154 Å². The van der Waals surface area contributed by atoms with E-state index < -0.39 is 23.4 Å². The molecule has 1 saturated carbocycles. The maximum Gasteiger partial charge on any atom is 0.416 e. The molecule has 1 spiro atoms. The summed E-state index contributed by atoms with van der Waals surface area (Å²) in [4.78, 5) is 26.0. The Kier molecular flexibility index (Phi) is 3.94. The van der Waals surface area contributed by atoms with Gasteiger partial charge in [-0.1, -0.05) is 6.92 Å². The predicted octanol–water partition coefficient (Wildman–Crippen LogP) is 3.50. The van der Waals surface area contributed by atoms with Crippen molar-refractivity contribution in [1.29, 1.82) is 0 Å². The quantitative estimate of drug-likeness (QED) is 0.697. The maximum atomic E-state index is 13.2. The number of alkyl halides is 3. The lowest BCUT2D eigenvalue weighted by atomic mass is 9.76. The van der Waals surface area contributed by atoms with E-state index in [0.717, 1.165) is 12.1 Å². The van der Waals surface area contributed by atoms with Gasteiger partial charge in [0.1, 0.15) is 11.9 Å². The molecule has 27 heavy (non-hydrogen) atoms. The summed E-state index contributed by atoms with van der Waals surface area (Å²) in [6, 6.07) is 3.37. The fraction of sp³-hybridized carbons (Fsp3) is 0.579. The van der Waals surface area contributed by atoms with Gasteiger partial charge < -0.3 is 14.4 Å². The molecular formula is C19H20F3NO4. The third-order valence-electron chi connectivity index (χ3n) is 6.11. The van der Waals surface area contributed by atoms with Crippen LogP contribution in [-0.2, 0) is 27.0 Å². The molecule has 2 heterocycles. The summed E-state index contributed by atoms with van der Waals surface area (Å²) in [6.07, 6.45) is -3.68. The van der Waals surface area contributed by atoms with E-state index in [2.05, 4.69) is 0 Å². The number of hydrogen-bond donors (Lipinski definition) is 0. The summed E-state index contributed by atoms with van der Waals surface area (Å²) in [5, 5.41) is 0. The van der Waals surface area contributed by atoms with Crippen LogP contribution in [0, 0.1) is 11.3 Å². The first-order valence-electron chi connectivity index (χ1n) is 8.97. The first-order valence-corrected chi connectivity index (χ1v) is 8.97. The van der Waals surface area contributed by atoms with Gasteiger partial charge in [0.2, 0.25) is 5.91 Å². The highest BCUT2D eigenvalue weighted by Crippen LogP contribution is 2.55. The summed E-state index contributed by atoms with van der Waals surface area (Å²) >= 11 is 0. The summed E-state index contributed by atoms with van der Waals surface area (Å²) in [5.74, 6) is -0.273. The van der Waals surface area contributed by atoms with E-state index in [0.29, 0.717) is 30.6 Å². The molecule has 1 amide bonds. The predicted molar refractivity (Wildman–Crippen MR) is 87.4 cm³/mol. The fourth-order valence-electron chi connectivity index (χ4n) is 4.75. The zero-order chi connectivity index (χ0) is 19.6. The van der Waals surface area contributed by atoms with Crippen LogP contribution in [0.15, 0.2) is 18.2 Å². The molecular weight excluding hydrogens is 363 g/mol. The van der Waals surface area contributed by atoms with Crippen molar-refractivity contribution < 1.29 is 32.2 Å². The SMILES string of the molecule is CC(=O)OC1CC[C@@]2(C1)C(=O)N1Cc3cc(C(F)(F)F)ccc3OC1C2C. The molecule has 0 radical (unpaired) electrons. The largest absolute Gasteiger partial charge is 0.470 e. The van der Waals surface area contributed by atoms with Crippen molar-refractivity contribution in [3.05, 3.63) is 29.3 Å². The molecule has 0 N–H and O–H groups in total. The lowest BCUT2D eigenvalue weighted by Crippen LogP contribution is -2.42. The molecule has 3 unspecified atom stereocenters. The lowest BCUT2D eigenvalue weighted by Gasteiger charge is -2.34. The number of hydrogen-bond acceptors (Lipinski definition) is 4. The number of rotatable bonds is 1. The monoisotopic (exact) mass is 383 g/mol. The number of esters is 1. The first-order chi connectivity index (χ1) is 12.6. The maximum absolute atomic E-state index is 13.2. The zero-order valence-electron chi connectivity index (χ0n) is 15.0. The van der Waals surface area contributed by atoms with Crippen molar-refractivity contribution >= 4 is 11.9 Å². The second kappa shape index (κ2) is 5.87. The Morgan fingerprint density at radius 1 is 1.37 bits per heavy atom. The molecule has 2 fully saturated rings. The van der Waals surface area contributed by atoms with Gasteiger partial charge in [0.05, 0.1) is 17.5 Å². The van der Waals surface area contributed by atoms with Crippen LogP contribution in [0.2, 0.25) is 0 Å². The molecule has 2 aliphatic heterocycles. The number of amides is 1. The second-order valence-corrected chi connectivity index (χ2v) is 7.68. The number of fused-ring (bicyclic) bond motifs is 2. The van der Waals surface area contributed by atoms with Crippen molar-refractivity contribution in [2.24, 2.45) is 11.3 Å². The highest BCUT2D eigenvalue weighted by atomic mass is 19.4. The normalized spacial score (nSPS) is 32.3. The molecule has 1 aliphatic carbocycles. The summed E-state index contributed by atoms with van der Waals surface area (Å²) in [7, 11) is 0. The number of carbonyl (C=O) groups excluding carboxylic acids is 2. The summed E-state index contributed by atoms with van der Waals surface area (Å²) in [5.41, 5.74) is -1.10. The van der Waals surface area contributed by atoms with Crippen LogP contribution in [0.3, 0.4) is 0 Å². The fourth-order valence-corrected chi connectivity index (χ4v) is 4.75. The van der Waals surface area contributed by atoms with Crippen molar-refractivity contribution in [3.63, 3.8) is 0 Å². The Morgan fingerprint density at radius 2 is 2.11 bits per heavy atom. The van der Waals surface area contributed by atoms with Crippen LogP contribution < -0.4 is 4.74 Å². The topological polar surface area (TPSA) is 55.8 Å². The van der Waals surface area contributed by atoms with Gasteiger partial charge in [0.25, 0.3) is 0 Å². The minimum atomic E-state index is -4.45. The second-order valence-electron chi connectivity index (χ2n) is 7.68. The number of nitrogens with zero attached hydrogens (tertiary/aromatic N) is 1. The number of halogens is 3. The lowest BCUT2D eigenvalue weighted by molar-refractivity contribution is -0.148. The summed E-state index contributed by atoms with van der Waals surface area (Å²) < 4.78 is 50.2. The molecule has 8 heteroatoms. The summed E-state index contributed by atoms with van der Waals surface area (Å²) in [6.45, 7) is 3.35. The molecule has 5 nitrogen and oxygen atoms in total. The van der Waals surface area contributed by atoms with Crippen LogP contribution in [0.25, 0.3) is 0 Å². The first kappa shape index (κ1) is 18.1. The molecule has 1 saturated heterocycles. The Balaban J connectivity index is 1.61. The van der Waals surface area contributed by atoms with Crippen LogP contribution in [0.1, 0.15) is 44.2 Å². The van der Waals surface area contributed by atoms with Crippen LogP contribution in [0.4, 0.5) is 13.2 Å². The van der Waals surface area contributed by atoms with E-state index in [9.17, 15) is 22.8 Å². The Hall–Kier alpha value is -2.25. The van der Waals surface area contributed by atoms with Crippen molar-refractivity contribution in [1.82, 2.24) is 4.90 Å². The van der Waals surface area contributed by atoms with E-state index in [-0.39, 0.29) is 30.4 Å². The van der Waals surface area contributed by atoms with Gasteiger partial charge in [0, 0.05) is 18.4 Å². The van der Waals surface area contributed by atoms with Gasteiger partial charge in [-0.25, -0.2) is 0 Å². The van der Waals surface area contributed by atoms with E-state index in [1.54, 1.807) is 0 Å². The number of carbonyl (C=O) groups is 2. The molecule has 4 atom stereocenters. The van der Waals surface area contributed by atoms with E-state index in [4.69, 9.17) is 9.47 Å². The number of ether oxygens (including phenoxy) is 2. The average molecular weight is 383 g/mol. The van der Waals surface area contributed by atoms with Gasteiger partial charge in [0.15, 0.2) is 6.23 Å². The molecule has 3 aliphatic rings. The van der Waals surface area contributed by atoms with E-state index in [1.165, 1.54) is 17.9 Å². The molecule has 0 aromatic heterocycles. The molecule has 0 bridgehead atoms. The molecule has 1 aromatic rings. The van der Waals surface area contributed by atoms with Gasteiger partial charge >= 0.3 is 12.1 Å². The van der Waals surface area contributed by atoms with E-state index in [1.807, 2.05) is 6.92 Å². The minimum Gasteiger partial charge on any atom is -0.470 e. The van der Waals surface area contributed by atoms with E-state index >= 15 is 0 Å². The third-order valence-corrected chi connectivity index (χ3v) is 6.11. The highest BCUT2D eigenvalue weighted by Gasteiger charge is 2.62. The molecule has 4 rings (SSSR count). The van der Waals surface area contributed by atoms with Gasteiger partial charge in [-0.2, -0.15) is 13.2 Å². The zero-order valence-corrected chi connectivity index (χ0v) is 15.0. The van der Waals surface area contributed by atoms with Crippen molar-refractivity contribution in [2.75, 3.05) is 0 Å². The third kappa shape index (κ3) is 2.76. The Morgan fingerprint density at radius 3 is 2.78 bits per heavy atom. The van der Waals surface area contributed by atoms with Gasteiger partial charge in [-0.3, -0.25) is 9.59 Å². The van der Waals surface area contributed by atoms with Crippen molar-refractivity contribution in [3.8, 4) is 5.75 Å². The standard InChI is InChI=1S/C19H20F3NO4/c1-10-16-23(17(25)18(10)6-5-14(8-18)26-11(2)24)9-12-7-13(19(20,21)22)3-4-15(12)27-16/h3-4,7,10,14,16H,5-6,8-9H2,1-2H3/t10?,14?,16?,18-/m0/s1. The van der Waals surface area contributed by atoms with Crippen molar-refractivity contribution in [2.45, 2.75) is 58.2 Å². The number of benzene rings is 1. The van der Waals surface area contributed by atoms with Crippen LogP contribution in [-0.4, -0.2) is 29.1 Å². The minimum absolute atomic E-state index is 0.0904. The Bertz CT molecular complexity index is 809. The smallest absolute Gasteiger partial charge is 0.416 e. The molecule has 1 aromatic carbocycles. The van der Waals surface area contributed by atoms with Gasteiger partial charge in [-0.15, -0.1) is 0 Å². The molecule has 146 valence electrons. The average Bonchev–Trinajstić information content (AvgIpc) is 3.09. The highest BCUT2D eigenvalue weighted by molar-refractivity contribution is 5.86.